The van der Waals surface area contributed by atoms with Gasteiger partial charge in [0.25, 0.3) is 10.2 Å². The number of hydrogen-bond donors (Lipinski definition) is 1. The van der Waals surface area contributed by atoms with E-state index >= 15 is 0 Å². The molecule has 0 bridgehead atoms. The van der Waals surface area contributed by atoms with Crippen molar-refractivity contribution in [1.29, 1.82) is 0 Å². The largest absolute Gasteiger partial charge is 0.380 e. The average molecular weight is 266 g/mol. The summed E-state index contributed by atoms with van der Waals surface area (Å²) in [5.41, 5.74) is 0. The van der Waals surface area contributed by atoms with Crippen LogP contribution in [0.15, 0.2) is 0 Å². The molecule has 0 unspecified atom stereocenters. The summed E-state index contributed by atoms with van der Waals surface area (Å²) in [5.74, 6) is 0.856. The van der Waals surface area contributed by atoms with Crippen LogP contribution in [0.5, 0.6) is 0 Å². The minimum Gasteiger partial charge on any atom is -0.380 e. The molecule has 0 aromatic rings. The lowest BCUT2D eigenvalue weighted by atomic mass is 10.1. The normalized spacial score (nSPS) is 32.3. The van der Waals surface area contributed by atoms with Gasteiger partial charge in [0.2, 0.25) is 0 Å². The molecule has 2 fully saturated rings. The van der Waals surface area contributed by atoms with Crippen molar-refractivity contribution in [3.63, 3.8) is 0 Å². The smallest absolute Gasteiger partial charge is 0.279 e. The second-order valence-electron chi connectivity index (χ2n) is 3.95. The van der Waals surface area contributed by atoms with Crippen LogP contribution >= 0.6 is 11.8 Å². The molecule has 1 N–H and O–H groups in total. The Morgan fingerprint density at radius 2 is 2.38 bits per heavy atom. The van der Waals surface area contributed by atoms with Crippen molar-refractivity contribution in [1.82, 2.24) is 9.03 Å². The molecule has 2 heterocycles. The third-order valence-electron chi connectivity index (χ3n) is 2.92. The zero-order valence-corrected chi connectivity index (χ0v) is 11.0. The molecule has 94 valence electrons. The molecule has 2 saturated heterocycles. The first-order valence-corrected chi connectivity index (χ1v) is 8.10. The molecule has 2 atom stereocenters. The van der Waals surface area contributed by atoms with Gasteiger partial charge in [0.05, 0.1) is 6.61 Å². The van der Waals surface area contributed by atoms with Gasteiger partial charge in [-0.25, -0.2) is 4.72 Å². The summed E-state index contributed by atoms with van der Waals surface area (Å²) in [6.07, 6.45) is 0.808. The average Bonchev–Trinajstić information content (AvgIpc) is 2.28. The lowest BCUT2D eigenvalue weighted by Gasteiger charge is -2.42. The quantitative estimate of drug-likeness (QED) is 0.784. The van der Waals surface area contributed by atoms with Gasteiger partial charge in [-0.2, -0.15) is 24.5 Å². The van der Waals surface area contributed by atoms with Gasteiger partial charge in [0.15, 0.2) is 0 Å². The maximum absolute atomic E-state index is 12.0. The summed E-state index contributed by atoms with van der Waals surface area (Å²) in [7, 11) is -3.29. The van der Waals surface area contributed by atoms with Gasteiger partial charge in [0.1, 0.15) is 0 Å². The molecule has 0 saturated carbocycles. The predicted octanol–water partition coefficient (Wildman–Crippen LogP) is 0.0470. The van der Waals surface area contributed by atoms with Gasteiger partial charge in [-0.3, -0.25) is 0 Å². The molecule has 2 aliphatic heterocycles. The zero-order valence-electron chi connectivity index (χ0n) is 9.39. The number of nitrogens with one attached hydrogen (secondary N) is 1. The van der Waals surface area contributed by atoms with Crippen molar-refractivity contribution < 1.29 is 13.2 Å². The molecule has 0 aromatic heterocycles. The highest BCUT2D eigenvalue weighted by Gasteiger charge is 2.39. The fourth-order valence-electron chi connectivity index (χ4n) is 2.21. The van der Waals surface area contributed by atoms with Crippen LogP contribution in [0.25, 0.3) is 0 Å². The van der Waals surface area contributed by atoms with Gasteiger partial charge in [-0.15, -0.1) is 0 Å². The standard InChI is InChI=1S/C9H18N2O3S2/c1-2-10-16(12,13)11-4-6-15-9-7-14-5-3-8(9)11/h8-10H,2-7H2,1H3/t8-,9-/m0/s1. The van der Waals surface area contributed by atoms with Crippen LogP contribution in [-0.4, -0.2) is 56.1 Å². The minimum atomic E-state index is -3.29. The van der Waals surface area contributed by atoms with E-state index in [1.807, 2.05) is 11.8 Å². The predicted molar refractivity (Wildman–Crippen MR) is 64.8 cm³/mol. The lowest BCUT2D eigenvalue weighted by Crippen LogP contribution is -2.56. The second-order valence-corrected chi connectivity index (χ2v) is 7.01. The molecule has 0 aromatic carbocycles. The Labute approximate surface area is 101 Å². The van der Waals surface area contributed by atoms with Crippen LogP contribution in [0, 0.1) is 0 Å². The maximum atomic E-state index is 12.0. The molecular formula is C9H18N2O3S2. The van der Waals surface area contributed by atoms with Crippen molar-refractivity contribution in [2.45, 2.75) is 24.6 Å². The topological polar surface area (TPSA) is 58.6 Å². The zero-order chi connectivity index (χ0) is 11.6. The number of thioether (sulfide) groups is 1. The molecule has 0 aliphatic carbocycles. The third-order valence-corrected chi connectivity index (χ3v) is 5.94. The highest BCUT2D eigenvalue weighted by molar-refractivity contribution is 8.00. The van der Waals surface area contributed by atoms with Crippen LogP contribution < -0.4 is 4.72 Å². The Bertz CT molecular complexity index is 332. The third kappa shape index (κ3) is 2.53. The number of fused-ring (bicyclic) bond motifs is 1. The Balaban J connectivity index is 2.13. The summed E-state index contributed by atoms with van der Waals surface area (Å²) in [6, 6.07) is 0.108. The van der Waals surface area contributed by atoms with Crippen molar-refractivity contribution >= 4 is 22.0 Å². The fraction of sp³-hybridized carbons (Fsp3) is 1.00. The SMILES string of the molecule is CCNS(=O)(=O)N1CCS[C@H]2COCC[C@@H]21. The number of rotatable bonds is 3. The Morgan fingerprint density at radius 3 is 3.12 bits per heavy atom. The first-order chi connectivity index (χ1) is 7.65. The van der Waals surface area contributed by atoms with Crippen molar-refractivity contribution in [3.8, 4) is 0 Å². The molecule has 0 amide bonds. The Morgan fingerprint density at radius 1 is 1.56 bits per heavy atom. The first kappa shape index (κ1) is 12.6. The van der Waals surface area contributed by atoms with Crippen LogP contribution in [0.4, 0.5) is 0 Å². The first-order valence-electron chi connectivity index (χ1n) is 5.61. The maximum Gasteiger partial charge on any atom is 0.279 e. The van der Waals surface area contributed by atoms with Crippen LogP contribution in [0.1, 0.15) is 13.3 Å². The van der Waals surface area contributed by atoms with E-state index in [9.17, 15) is 8.42 Å². The fourth-order valence-corrected chi connectivity index (χ4v) is 5.18. The molecule has 0 radical (unpaired) electrons. The van der Waals surface area contributed by atoms with E-state index in [0.29, 0.717) is 31.6 Å². The summed E-state index contributed by atoms with van der Waals surface area (Å²) in [6.45, 7) is 4.20. The van der Waals surface area contributed by atoms with Gasteiger partial charge in [0, 0.05) is 36.7 Å². The van der Waals surface area contributed by atoms with Crippen LogP contribution in [0.2, 0.25) is 0 Å². The van der Waals surface area contributed by atoms with E-state index in [4.69, 9.17) is 4.74 Å². The van der Waals surface area contributed by atoms with Gasteiger partial charge < -0.3 is 4.74 Å². The second kappa shape index (κ2) is 5.22. The van der Waals surface area contributed by atoms with Crippen LogP contribution in [-0.2, 0) is 14.9 Å². The summed E-state index contributed by atoms with van der Waals surface area (Å²) < 4.78 is 33.6. The molecule has 2 rings (SSSR count). The monoisotopic (exact) mass is 266 g/mol. The Kier molecular flexibility index (Phi) is 4.12. The minimum absolute atomic E-state index is 0.108. The van der Waals surface area contributed by atoms with Gasteiger partial charge in [-0.1, -0.05) is 6.92 Å². The summed E-state index contributed by atoms with van der Waals surface area (Å²) >= 11 is 1.83. The van der Waals surface area contributed by atoms with E-state index in [0.717, 1.165) is 12.2 Å². The van der Waals surface area contributed by atoms with E-state index in [-0.39, 0.29) is 6.04 Å². The highest BCUT2D eigenvalue weighted by Crippen LogP contribution is 2.31. The molecule has 7 heteroatoms. The van der Waals surface area contributed by atoms with Gasteiger partial charge >= 0.3 is 0 Å². The van der Waals surface area contributed by atoms with Crippen LogP contribution in [0.3, 0.4) is 0 Å². The van der Waals surface area contributed by atoms with E-state index < -0.39 is 10.2 Å². The summed E-state index contributed by atoms with van der Waals surface area (Å²) in [5, 5.41) is 0.302. The van der Waals surface area contributed by atoms with Crippen molar-refractivity contribution in [3.05, 3.63) is 0 Å². The van der Waals surface area contributed by atoms with E-state index in [1.54, 1.807) is 11.2 Å². The summed E-state index contributed by atoms with van der Waals surface area (Å²) in [4.78, 5) is 0. The Hall–Kier alpha value is 0.180. The molecule has 16 heavy (non-hydrogen) atoms. The van der Waals surface area contributed by atoms with Crippen molar-refractivity contribution in [2.24, 2.45) is 0 Å². The highest BCUT2D eigenvalue weighted by atomic mass is 32.2. The number of nitrogens with zero attached hydrogens (tertiary/aromatic N) is 1. The van der Waals surface area contributed by atoms with E-state index in [2.05, 4.69) is 4.72 Å². The van der Waals surface area contributed by atoms with E-state index in [1.165, 1.54) is 0 Å². The molecular weight excluding hydrogens is 248 g/mol. The molecule has 2 aliphatic rings. The number of hydrogen-bond acceptors (Lipinski definition) is 4. The molecule has 5 nitrogen and oxygen atoms in total. The lowest BCUT2D eigenvalue weighted by molar-refractivity contribution is 0.0622. The molecule has 0 spiro atoms. The van der Waals surface area contributed by atoms with Crippen molar-refractivity contribution in [2.75, 3.05) is 32.1 Å². The van der Waals surface area contributed by atoms with Gasteiger partial charge in [-0.05, 0) is 6.42 Å². The number of ether oxygens (including phenoxy) is 1.